The van der Waals surface area contributed by atoms with E-state index >= 15 is 0 Å². The van der Waals surface area contributed by atoms with Gasteiger partial charge in [0.05, 0.1) is 17.8 Å². The third-order valence-corrected chi connectivity index (χ3v) is 4.69. The number of rotatable bonds is 6. The number of ether oxygens (including phenoxy) is 1. The smallest absolute Gasteiger partial charge is 0.255 e. The molecule has 2 amide bonds. The Balaban J connectivity index is 1.56. The molecule has 0 aliphatic carbocycles. The molecule has 0 fully saturated rings. The lowest BCUT2D eigenvalue weighted by atomic mass is 10.0. The van der Waals surface area contributed by atoms with Crippen molar-refractivity contribution < 1.29 is 14.3 Å². The monoisotopic (exact) mass is 388 g/mol. The number of nitrogens with two attached hydrogens (primary N) is 1. The second-order valence-electron chi connectivity index (χ2n) is 6.71. The Hall–Kier alpha value is -3.87. The number of fused-ring (bicyclic) bond motifs is 1. The molecule has 2 aromatic carbocycles. The average Bonchev–Trinajstić information content (AvgIpc) is 2.75. The van der Waals surface area contributed by atoms with Gasteiger partial charge in [-0.1, -0.05) is 30.3 Å². The maximum Gasteiger partial charge on any atom is 0.255 e. The molecule has 146 valence electrons. The molecule has 3 aromatic rings. The van der Waals surface area contributed by atoms with Gasteiger partial charge in [0, 0.05) is 18.0 Å². The van der Waals surface area contributed by atoms with Crippen molar-refractivity contribution in [2.75, 3.05) is 11.4 Å². The first-order chi connectivity index (χ1) is 14.1. The summed E-state index contributed by atoms with van der Waals surface area (Å²) in [5.41, 5.74) is 8.44. The van der Waals surface area contributed by atoms with Crippen LogP contribution in [0.15, 0.2) is 73.1 Å². The Bertz CT molecular complexity index is 1020. The van der Waals surface area contributed by atoms with Crippen molar-refractivity contribution in [1.29, 1.82) is 0 Å². The van der Waals surface area contributed by atoms with Gasteiger partial charge in [0.2, 0.25) is 5.91 Å². The largest absolute Gasteiger partial charge is 0.489 e. The molecule has 0 saturated carbocycles. The fourth-order valence-electron chi connectivity index (χ4n) is 3.34. The highest BCUT2D eigenvalue weighted by Gasteiger charge is 2.32. The van der Waals surface area contributed by atoms with E-state index in [-0.39, 0.29) is 12.5 Å². The summed E-state index contributed by atoms with van der Waals surface area (Å²) in [5, 5.41) is 2.95. The summed E-state index contributed by atoms with van der Waals surface area (Å²) in [6.45, 7) is 0.399. The summed E-state index contributed by atoms with van der Waals surface area (Å²) in [7, 11) is 0. The Kier molecular flexibility index (Phi) is 5.11. The molecule has 0 radical (unpaired) electrons. The first-order valence-electron chi connectivity index (χ1n) is 9.18. The van der Waals surface area contributed by atoms with Gasteiger partial charge in [-0.2, -0.15) is 0 Å². The van der Waals surface area contributed by atoms with E-state index in [1.165, 1.54) is 0 Å². The number of carbonyl (C=O) groups is 2. The van der Waals surface area contributed by atoms with E-state index in [0.717, 1.165) is 11.1 Å². The highest BCUT2D eigenvalue weighted by atomic mass is 16.5. The van der Waals surface area contributed by atoms with Crippen molar-refractivity contribution in [2.45, 2.75) is 12.8 Å². The van der Waals surface area contributed by atoms with Crippen LogP contribution in [0.4, 0.5) is 5.69 Å². The minimum absolute atomic E-state index is 0.0127. The van der Waals surface area contributed by atoms with Crippen LogP contribution in [-0.4, -0.2) is 23.3 Å². The molecular weight excluding hydrogens is 368 g/mol. The van der Waals surface area contributed by atoms with Crippen molar-refractivity contribution in [3.63, 3.8) is 0 Å². The molecule has 3 N–H and O–H groups in total. The quantitative estimate of drug-likeness (QED) is 0.676. The number of para-hydroxylation sites is 1. The summed E-state index contributed by atoms with van der Waals surface area (Å²) in [6.07, 6.45) is 2.97. The van der Waals surface area contributed by atoms with Crippen molar-refractivity contribution in [2.24, 2.45) is 5.73 Å². The maximum atomic E-state index is 12.5. The number of nitrogens with one attached hydrogen (secondary N) is 1. The fourth-order valence-corrected chi connectivity index (χ4v) is 3.34. The lowest BCUT2D eigenvalue weighted by Gasteiger charge is -2.38. The van der Waals surface area contributed by atoms with E-state index in [0.29, 0.717) is 23.6 Å². The van der Waals surface area contributed by atoms with Crippen LogP contribution >= 0.6 is 0 Å². The number of aromatic nitrogens is 1. The van der Waals surface area contributed by atoms with E-state index in [1.54, 1.807) is 29.4 Å². The molecule has 0 bridgehead atoms. The van der Waals surface area contributed by atoms with Crippen LogP contribution in [0.2, 0.25) is 0 Å². The van der Waals surface area contributed by atoms with E-state index in [9.17, 15) is 9.59 Å². The molecule has 1 atom stereocenters. The van der Waals surface area contributed by atoms with Crippen molar-refractivity contribution in [3.05, 3.63) is 89.7 Å². The summed E-state index contributed by atoms with van der Waals surface area (Å²) in [6, 6.07) is 18.4. The molecule has 2 heterocycles. The number of pyridine rings is 1. The Morgan fingerprint density at radius 2 is 1.90 bits per heavy atom. The van der Waals surface area contributed by atoms with E-state index in [1.807, 2.05) is 48.5 Å². The van der Waals surface area contributed by atoms with E-state index < -0.39 is 12.1 Å². The fraction of sp³-hybridized carbons (Fsp3) is 0.136. The van der Waals surface area contributed by atoms with Gasteiger partial charge < -0.3 is 20.7 Å². The number of anilines is 1. The van der Waals surface area contributed by atoms with Crippen molar-refractivity contribution in [3.8, 4) is 5.75 Å². The number of amides is 2. The standard InChI is InChI=1S/C22H20N4O3/c23-20(27)13-26-19-6-2-1-5-18(19)22(28)25-21(26)16-7-9-17(10-8-16)29-14-15-4-3-11-24-12-15/h1-12,21H,13-14H2,(H2,23,27)(H,25,28). The van der Waals surface area contributed by atoms with Crippen LogP contribution in [0.25, 0.3) is 0 Å². The van der Waals surface area contributed by atoms with Gasteiger partial charge in [0.25, 0.3) is 5.91 Å². The van der Waals surface area contributed by atoms with Gasteiger partial charge >= 0.3 is 0 Å². The molecule has 1 aliphatic heterocycles. The third-order valence-electron chi connectivity index (χ3n) is 4.69. The number of primary amides is 1. The Labute approximate surface area is 168 Å². The number of nitrogens with zero attached hydrogens (tertiary/aromatic N) is 2. The molecular formula is C22H20N4O3. The third kappa shape index (κ3) is 4.03. The van der Waals surface area contributed by atoms with Crippen LogP contribution in [0, 0.1) is 0 Å². The summed E-state index contributed by atoms with van der Waals surface area (Å²) in [4.78, 5) is 30.1. The highest BCUT2D eigenvalue weighted by molar-refractivity contribution is 6.02. The maximum absolute atomic E-state index is 12.5. The van der Waals surface area contributed by atoms with Crippen LogP contribution < -0.4 is 20.7 Å². The average molecular weight is 388 g/mol. The zero-order valence-electron chi connectivity index (χ0n) is 15.6. The first kappa shape index (κ1) is 18.5. The van der Waals surface area contributed by atoms with Gasteiger partial charge in [0.15, 0.2) is 0 Å². The molecule has 7 heteroatoms. The number of benzene rings is 2. The SMILES string of the molecule is NC(=O)CN1c2ccccc2C(=O)NC1c1ccc(OCc2cccnc2)cc1. The van der Waals surface area contributed by atoms with E-state index in [4.69, 9.17) is 10.5 Å². The number of hydrogen-bond donors (Lipinski definition) is 2. The molecule has 0 saturated heterocycles. The van der Waals surface area contributed by atoms with Crippen LogP contribution in [0.1, 0.15) is 27.7 Å². The minimum Gasteiger partial charge on any atom is -0.489 e. The molecule has 29 heavy (non-hydrogen) atoms. The van der Waals surface area contributed by atoms with Crippen molar-refractivity contribution >= 4 is 17.5 Å². The molecule has 1 aromatic heterocycles. The van der Waals surface area contributed by atoms with Crippen LogP contribution in [-0.2, 0) is 11.4 Å². The molecule has 4 rings (SSSR count). The van der Waals surface area contributed by atoms with Gasteiger partial charge in [-0.15, -0.1) is 0 Å². The lowest BCUT2D eigenvalue weighted by Crippen LogP contribution is -2.49. The summed E-state index contributed by atoms with van der Waals surface area (Å²) < 4.78 is 5.79. The highest BCUT2D eigenvalue weighted by Crippen LogP contribution is 2.33. The van der Waals surface area contributed by atoms with Gasteiger partial charge in [-0.05, 0) is 35.9 Å². The normalized spacial score (nSPS) is 15.4. The lowest BCUT2D eigenvalue weighted by molar-refractivity contribution is -0.116. The zero-order valence-corrected chi connectivity index (χ0v) is 15.6. The van der Waals surface area contributed by atoms with Gasteiger partial charge in [-0.25, -0.2) is 0 Å². The zero-order chi connectivity index (χ0) is 20.2. The second-order valence-corrected chi connectivity index (χ2v) is 6.71. The first-order valence-corrected chi connectivity index (χ1v) is 9.18. The van der Waals surface area contributed by atoms with Gasteiger partial charge in [0.1, 0.15) is 18.5 Å². The molecule has 1 unspecified atom stereocenters. The van der Waals surface area contributed by atoms with Crippen LogP contribution in [0.5, 0.6) is 5.75 Å². The predicted octanol–water partition coefficient (Wildman–Crippen LogP) is 2.39. The Morgan fingerprint density at radius 3 is 2.62 bits per heavy atom. The molecule has 7 nitrogen and oxygen atoms in total. The topological polar surface area (TPSA) is 97.6 Å². The van der Waals surface area contributed by atoms with E-state index in [2.05, 4.69) is 10.3 Å². The van der Waals surface area contributed by atoms with Crippen LogP contribution in [0.3, 0.4) is 0 Å². The summed E-state index contributed by atoms with van der Waals surface area (Å²) >= 11 is 0. The molecule has 0 spiro atoms. The predicted molar refractivity (Wildman–Crippen MR) is 108 cm³/mol. The van der Waals surface area contributed by atoms with Gasteiger partial charge in [-0.3, -0.25) is 14.6 Å². The summed E-state index contributed by atoms with van der Waals surface area (Å²) in [5.74, 6) is 0.0298. The number of carbonyl (C=O) groups excluding carboxylic acids is 2. The number of hydrogen-bond acceptors (Lipinski definition) is 5. The Morgan fingerprint density at radius 1 is 1.10 bits per heavy atom. The second kappa shape index (κ2) is 8.02. The minimum atomic E-state index is -0.503. The molecule has 1 aliphatic rings. The van der Waals surface area contributed by atoms with Crippen molar-refractivity contribution in [1.82, 2.24) is 10.3 Å².